The van der Waals surface area contributed by atoms with Crippen molar-refractivity contribution >= 4 is 11.8 Å². The summed E-state index contributed by atoms with van der Waals surface area (Å²) in [6, 6.07) is -0.890. The van der Waals surface area contributed by atoms with Crippen LogP contribution in [0.5, 0.6) is 0 Å². The highest BCUT2D eigenvalue weighted by Crippen LogP contribution is 2.44. The van der Waals surface area contributed by atoms with E-state index >= 15 is 0 Å². The molecule has 0 saturated carbocycles. The molecule has 0 saturated heterocycles. The fraction of sp³-hybridized carbons (Fsp3) is 0.333. The van der Waals surface area contributed by atoms with E-state index in [2.05, 4.69) is 0 Å². The zero-order valence-electron chi connectivity index (χ0n) is 8.84. The van der Waals surface area contributed by atoms with E-state index in [-0.39, 0.29) is 6.07 Å². The number of hydrogen-bond donors (Lipinski definition) is 0. The van der Waals surface area contributed by atoms with Gasteiger partial charge in [-0.05, 0) is 23.9 Å². The van der Waals surface area contributed by atoms with Gasteiger partial charge in [0.15, 0.2) is 0 Å². The first kappa shape index (κ1) is 16.9. The molecule has 1 rings (SSSR count). The molecule has 0 aliphatic rings. The predicted octanol–water partition coefficient (Wildman–Crippen LogP) is 5.48. The first-order valence-corrected chi connectivity index (χ1v) is 5.27. The molecule has 0 amide bonds. The van der Waals surface area contributed by atoms with Crippen molar-refractivity contribution in [2.45, 2.75) is 22.8 Å². The molecule has 1 aromatic rings. The smallest absolute Gasteiger partial charge is 0.205 e. The summed E-state index contributed by atoms with van der Waals surface area (Å²) in [6.45, 7) is 0. The lowest BCUT2D eigenvalue weighted by atomic mass is 10.1. The molecule has 114 valence electrons. The van der Waals surface area contributed by atoms with Crippen molar-refractivity contribution in [2.75, 3.05) is 0 Å². The van der Waals surface area contributed by atoms with Crippen molar-refractivity contribution < 1.29 is 43.9 Å². The molecule has 0 unspecified atom stereocenters. The fourth-order valence-electron chi connectivity index (χ4n) is 1.17. The molecule has 0 nitrogen and oxygen atoms in total. The van der Waals surface area contributed by atoms with Crippen LogP contribution in [0.4, 0.5) is 43.9 Å². The van der Waals surface area contributed by atoms with Crippen molar-refractivity contribution in [1.29, 1.82) is 0 Å². The Morgan fingerprint density at radius 3 is 1.60 bits per heavy atom. The van der Waals surface area contributed by atoms with Gasteiger partial charge in [0.05, 0.1) is 16.0 Å². The lowest BCUT2D eigenvalue weighted by Gasteiger charge is -2.16. The minimum Gasteiger partial charge on any atom is -0.205 e. The molecule has 0 radical (unpaired) electrons. The van der Waals surface area contributed by atoms with Crippen LogP contribution in [0, 0.1) is 5.82 Å². The van der Waals surface area contributed by atoms with Crippen molar-refractivity contribution in [3.63, 3.8) is 0 Å². The summed E-state index contributed by atoms with van der Waals surface area (Å²) < 4.78 is 123. The van der Waals surface area contributed by atoms with Gasteiger partial charge in [-0.2, -0.15) is 39.5 Å². The Balaban J connectivity index is 3.51. The molecule has 0 N–H and O–H groups in total. The summed E-state index contributed by atoms with van der Waals surface area (Å²) in [7, 11) is 0. The third-order valence-electron chi connectivity index (χ3n) is 1.90. The van der Waals surface area contributed by atoms with Crippen LogP contribution in [0.3, 0.4) is 0 Å². The van der Waals surface area contributed by atoms with Gasteiger partial charge >= 0.3 is 17.9 Å². The van der Waals surface area contributed by atoms with E-state index < -0.39 is 57.5 Å². The van der Waals surface area contributed by atoms with Gasteiger partial charge in [-0.3, -0.25) is 0 Å². The normalized spacial score (nSPS) is 13.7. The van der Waals surface area contributed by atoms with E-state index in [9.17, 15) is 43.9 Å². The number of benzene rings is 1. The topological polar surface area (TPSA) is 0 Å². The summed E-state index contributed by atoms with van der Waals surface area (Å²) in [5, 5.41) is 0. The minimum atomic E-state index is -5.55. The number of thioether (sulfide) groups is 1. The van der Waals surface area contributed by atoms with Crippen LogP contribution in [-0.2, 0) is 12.4 Å². The Hall–Kier alpha value is -1.13. The van der Waals surface area contributed by atoms with Crippen molar-refractivity contribution in [1.82, 2.24) is 0 Å². The molecule has 0 spiro atoms. The molecule has 0 aliphatic heterocycles. The second-order valence-corrected chi connectivity index (χ2v) is 4.49. The number of halogens is 10. The zero-order chi connectivity index (χ0) is 15.9. The lowest BCUT2D eigenvalue weighted by molar-refractivity contribution is -0.145. The zero-order valence-corrected chi connectivity index (χ0v) is 9.66. The molecular formula is C9H2F10S. The molecular weight excluding hydrogens is 330 g/mol. The average molecular weight is 332 g/mol. The summed E-state index contributed by atoms with van der Waals surface area (Å²) >= 11 is -1.39. The van der Waals surface area contributed by atoms with Crippen molar-refractivity contribution in [3.8, 4) is 0 Å². The Morgan fingerprint density at radius 1 is 0.750 bits per heavy atom. The van der Waals surface area contributed by atoms with Crippen molar-refractivity contribution in [2.24, 2.45) is 0 Å². The highest BCUT2D eigenvalue weighted by atomic mass is 32.2. The second kappa shape index (κ2) is 5.01. The van der Waals surface area contributed by atoms with Crippen molar-refractivity contribution in [3.05, 3.63) is 29.1 Å². The maximum Gasteiger partial charge on any atom is 0.446 e. The van der Waals surface area contributed by atoms with E-state index in [1.165, 1.54) is 0 Å². The maximum atomic E-state index is 13.3. The molecule has 0 fully saturated rings. The van der Waals surface area contributed by atoms with E-state index in [0.717, 1.165) is 0 Å². The second-order valence-electron chi connectivity index (χ2n) is 3.38. The Bertz CT molecular complexity index is 495. The summed E-state index contributed by atoms with van der Waals surface area (Å²) in [5.41, 5.74) is -9.65. The van der Waals surface area contributed by atoms with Gasteiger partial charge < -0.3 is 0 Å². The quantitative estimate of drug-likeness (QED) is 0.485. The average Bonchev–Trinajstić information content (AvgIpc) is 2.15. The number of alkyl halides is 9. The van der Waals surface area contributed by atoms with Gasteiger partial charge in [-0.1, -0.05) is 0 Å². The number of rotatable bonds is 1. The largest absolute Gasteiger partial charge is 0.446 e. The van der Waals surface area contributed by atoms with Gasteiger partial charge in [-0.25, -0.2) is 4.39 Å². The Morgan fingerprint density at radius 2 is 1.25 bits per heavy atom. The van der Waals surface area contributed by atoms with Gasteiger partial charge in [0, 0.05) is 0 Å². The molecule has 0 aliphatic carbocycles. The molecule has 0 aromatic heterocycles. The maximum absolute atomic E-state index is 13.3. The van der Waals surface area contributed by atoms with E-state index in [1.807, 2.05) is 0 Å². The van der Waals surface area contributed by atoms with Crippen LogP contribution >= 0.6 is 11.8 Å². The minimum absolute atomic E-state index is 0.317. The summed E-state index contributed by atoms with van der Waals surface area (Å²) in [6.07, 6.45) is -10.9. The summed E-state index contributed by atoms with van der Waals surface area (Å²) in [5.74, 6) is -2.40. The lowest BCUT2D eigenvalue weighted by Crippen LogP contribution is -2.14. The first-order chi connectivity index (χ1) is 8.72. The third kappa shape index (κ3) is 4.18. The van der Waals surface area contributed by atoms with E-state index in [1.54, 1.807) is 0 Å². The highest BCUT2D eigenvalue weighted by Gasteiger charge is 2.42. The predicted molar refractivity (Wildman–Crippen MR) is 48.3 cm³/mol. The Labute approximate surface area is 108 Å². The van der Waals surface area contributed by atoms with E-state index in [0.29, 0.717) is 0 Å². The monoisotopic (exact) mass is 332 g/mol. The fourth-order valence-corrected chi connectivity index (χ4v) is 1.80. The number of hydrogen-bond acceptors (Lipinski definition) is 1. The third-order valence-corrected chi connectivity index (χ3v) is 2.65. The van der Waals surface area contributed by atoms with Gasteiger partial charge in [-0.15, -0.1) is 0 Å². The van der Waals surface area contributed by atoms with Gasteiger partial charge in [0.2, 0.25) is 0 Å². The molecule has 0 atom stereocenters. The van der Waals surface area contributed by atoms with Gasteiger partial charge in [0.25, 0.3) is 0 Å². The van der Waals surface area contributed by atoms with Crippen LogP contribution in [0.25, 0.3) is 0 Å². The SMILES string of the molecule is Fc1c(SC(F)(F)F)cc(C(F)(F)F)cc1C(F)(F)F. The van der Waals surface area contributed by atoms with E-state index in [4.69, 9.17) is 0 Å². The van der Waals surface area contributed by atoms with Crippen LogP contribution in [0.1, 0.15) is 11.1 Å². The van der Waals surface area contributed by atoms with Crippen LogP contribution < -0.4 is 0 Å². The molecule has 20 heavy (non-hydrogen) atoms. The standard InChI is InChI=1S/C9H2F10S/c10-6-4(8(14,15)16)1-3(7(11,12)13)2-5(6)20-9(17,18)19/h1-2H. The highest BCUT2D eigenvalue weighted by molar-refractivity contribution is 8.00. The first-order valence-electron chi connectivity index (χ1n) is 4.45. The molecule has 1 aromatic carbocycles. The molecule has 0 bridgehead atoms. The van der Waals surface area contributed by atoms with Crippen LogP contribution in [-0.4, -0.2) is 5.51 Å². The molecule has 11 heteroatoms. The molecule has 0 heterocycles. The Kier molecular flexibility index (Phi) is 4.24. The van der Waals surface area contributed by atoms with Crippen LogP contribution in [0.15, 0.2) is 17.0 Å². The van der Waals surface area contributed by atoms with Gasteiger partial charge in [0.1, 0.15) is 5.82 Å². The van der Waals surface area contributed by atoms with Crippen LogP contribution in [0.2, 0.25) is 0 Å². The summed E-state index contributed by atoms with van der Waals surface area (Å²) in [4.78, 5) is -1.79.